The van der Waals surface area contributed by atoms with E-state index in [0.717, 1.165) is 5.56 Å². The topological polar surface area (TPSA) is 49.4 Å². The van der Waals surface area contributed by atoms with Crippen LogP contribution in [0.2, 0.25) is 10.0 Å². The second kappa shape index (κ2) is 8.94. The lowest BCUT2D eigenvalue weighted by molar-refractivity contribution is -0.132. The quantitative estimate of drug-likeness (QED) is 0.647. The summed E-state index contributed by atoms with van der Waals surface area (Å²) in [4.78, 5) is 25.6. The van der Waals surface area contributed by atoms with Gasteiger partial charge in [-0.1, -0.05) is 41.6 Å². The zero-order valence-electron chi connectivity index (χ0n) is 14.0. The molecule has 1 aromatic rings. The molecule has 6 heteroatoms. The van der Waals surface area contributed by atoms with E-state index in [1.807, 2.05) is 6.92 Å². The van der Waals surface area contributed by atoms with E-state index in [-0.39, 0.29) is 23.8 Å². The number of nitrogens with zero attached hydrogens (tertiary/aromatic N) is 1. The molecule has 1 unspecified atom stereocenters. The Bertz CT molecular complexity index is 729. The number of hydrogen-bond acceptors (Lipinski definition) is 2. The Morgan fingerprint density at radius 2 is 2.00 bits per heavy atom. The Hall–Kier alpha value is -1.96. The average Bonchev–Trinajstić information content (AvgIpc) is 2.62. The van der Waals surface area contributed by atoms with Crippen LogP contribution in [0, 0.1) is 17.8 Å². The van der Waals surface area contributed by atoms with Crippen LogP contribution in [-0.4, -0.2) is 35.8 Å². The molecule has 132 valence electrons. The minimum absolute atomic E-state index is 0.0263. The highest BCUT2D eigenvalue weighted by molar-refractivity contribution is 6.42. The SMILES string of the molecule is C=CC(=O)N1CCC(C(=O)NC(C)C#Cc2ccc(Cl)c(Cl)c2)CC1. The van der Waals surface area contributed by atoms with Gasteiger partial charge in [-0.3, -0.25) is 9.59 Å². The minimum atomic E-state index is -0.283. The number of likely N-dealkylation sites (tertiary alicyclic amines) is 1. The Morgan fingerprint density at radius 3 is 2.60 bits per heavy atom. The Morgan fingerprint density at radius 1 is 1.32 bits per heavy atom. The van der Waals surface area contributed by atoms with Gasteiger partial charge < -0.3 is 10.2 Å². The Labute approximate surface area is 158 Å². The molecule has 2 amide bonds. The van der Waals surface area contributed by atoms with Crippen molar-refractivity contribution in [3.05, 3.63) is 46.5 Å². The molecule has 0 spiro atoms. The fraction of sp³-hybridized carbons (Fsp3) is 0.368. The Kier molecular flexibility index (Phi) is 6.92. The molecule has 1 aliphatic rings. The molecule has 4 nitrogen and oxygen atoms in total. The highest BCUT2D eigenvalue weighted by atomic mass is 35.5. The van der Waals surface area contributed by atoms with Gasteiger partial charge in [0.05, 0.1) is 16.1 Å². The standard InChI is InChI=1S/C19H20Cl2N2O2/c1-3-18(24)23-10-8-15(9-11-23)19(25)22-13(2)4-5-14-6-7-16(20)17(21)12-14/h3,6-7,12-13,15H,1,8-11H2,2H3,(H,22,25). The molecule has 2 rings (SSSR count). The molecular formula is C19H20Cl2N2O2. The van der Waals surface area contributed by atoms with Gasteiger partial charge >= 0.3 is 0 Å². The summed E-state index contributed by atoms with van der Waals surface area (Å²) in [5, 5.41) is 3.84. The smallest absolute Gasteiger partial charge is 0.245 e. The molecule has 1 aliphatic heterocycles. The highest BCUT2D eigenvalue weighted by Gasteiger charge is 2.26. The van der Waals surface area contributed by atoms with Gasteiger partial charge in [-0.2, -0.15) is 0 Å². The van der Waals surface area contributed by atoms with Crippen LogP contribution in [0.4, 0.5) is 0 Å². The van der Waals surface area contributed by atoms with Crippen LogP contribution in [0.15, 0.2) is 30.9 Å². The third-order valence-corrected chi connectivity index (χ3v) is 4.80. The largest absolute Gasteiger partial charge is 0.342 e. The number of piperidine rings is 1. The van der Waals surface area contributed by atoms with E-state index in [1.54, 1.807) is 23.1 Å². The van der Waals surface area contributed by atoms with Crippen LogP contribution in [0.3, 0.4) is 0 Å². The summed E-state index contributed by atoms with van der Waals surface area (Å²) in [6.07, 6.45) is 2.61. The summed E-state index contributed by atoms with van der Waals surface area (Å²) in [5.74, 6) is 5.76. The molecule has 0 radical (unpaired) electrons. The maximum absolute atomic E-state index is 12.3. The molecule has 0 aromatic heterocycles. The minimum Gasteiger partial charge on any atom is -0.342 e. The molecule has 25 heavy (non-hydrogen) atoms. The summed E-state index contributed by atoms with van der Waals surface area (Å²) < 4.78 is 0. The van der Waals surface area contributed by atoms with E-state index in [4.69, 9.17) is 23.2 Å². The van der Waals surface area contributed by atoms with E-state index in [9.17, 15) is 9.59 Å². The highest BCUT2D eigenvalue weighted by Crippen LogP contribution is 2.22. The monoisotopic (exact) mass is 378 g/mol. The van der Waals surface area contributed by atoms with Crippen LogP contribution < -0.4 is 5.32 Å². The number of carbonyl (C=O) groups excluding carboxylic acids is 2. The lowest BCUT2D eigenvalue weighted by atomic mass is 9.95. The van der Waals surface area contributed by atoms with E-state index in [1.165, 1.54) is 6.08 Å². The first-order valence-electron chi connectivity index (χ1n) is 8.09. The van der Waals surface area contributed by atoms with Crippen molar-refractivity contribution in [3.63, 3.8) is 0 Å². The molecule has 1 heterocycles. The second-order valence-electron chi connectivity index (χ2n) is 5.93. The second-order valence-corrected chi connectivity index (χ2v) is 6.75. The van der Waals surface area contributed by atoms with Crippen molar-refractivity contribution in [3.8, 4) is 11.8 Å². The number of benzene rings is 1. The molecule has 1 N–H and O–H groups in total. The van der Waals surface area contributed by atoms with Crippen molar-refractivity contribution >= 4 is 35.0 Å². The van der Waals surface area contributed by atoms with Gasteiger partial charge in [0.15, 0.2) is 0 Å². The van der Waals surface area contributed by atoms with Crippen LogP contribution in [-0.2, 0) is 9.59 Å². The maximum atomic E-state index is 12.3. The summed E-state index contributed by atoms with van der Waals surface area (Å²) in [6, 6.07) is 4.88. The van der Waals surface area contributed by atoms with E-state index in [0.29, 0.717) is 36.0 Å². The first-order chi connectivity index (χ1) is 11.9. The first-order valence-corrected chi connectivity index (χ1v) is 8.84. The van der Waals surface area contributed by atoms with Crippen molar-refractivity contribution in [1.29, 1.82) is 0 Å². The zero-order chi connectivity index (χ0) is 18.4. The number of hydrogen-bond donors (Lipinski definition) is 1. The molecule has 1 saturated heterocycles. The van der Waals surface area contributed by atoms with Gasteiger partial charge in [-0.25, -0.2) is 0 Å². The predicted octanol–water partition coefficient (Wildman–Crippen LogP) is 3.27. The number of rotatable bonds is 3. The lowest BCUT2D eigenvalue weighted by Gasteiger charge is -2.30. The van der Waals surface area contributed by atoms with Crippen LogP contribution in [0.25, 0.3) is 0 Å². The zero-order valence-corrected chi connectivity index (χ0v) is 15.5. The average molecular weight is 379 g/mol. The molecule has 1 aromatic carbocycles. The van der Waals surface area contributed by atoms with Crippen LogP contribution in [0.5, 0.6) is 0 Å². The van der Waals surface area contributed by atoms with E-state index >= 15 is 0 Å². The number of halogens is 2. The van der Waals surface area contributed by atoms with Crippen molar-refractivity contribution in [2.75, 3.05) is 13.1 Å². The maximum Gasteiger partial charge on any atom is 0.245 e. The van der Waals surface area contributed by atoms with E-state index < -0.39 is 0 Å². The van der Waals surface area contributed by atoms with Gasteiger partial charge in [0.2, 0.25) is 11.8 Å². The molecule has 0 aliphatic carbocycles. The molecule has 1 fully saturated rings. The number of amides is 2. The van der Waals surface area contributed by atoms with Gasteiger partial charge in [-0.15, -0.1) is 0 Å². The van der Waals surface area contributed by atoms with Crippen LogP contribution >= 0.6 is 23.2 Å². The molecule has 0 saturated carbocycles. The van der Waals surface area contributed by atoms with Crippen molar-refractivity contribution in [2.45, 2.75) is 25.8 Å². The number of nitrogens with one attached hydrogen (secondary N) is 1. The normalized spacial score (nSPS) is 15.7. The van der Waals surface area contributed by atoms with Crippen LogP contribution in [0.1, 0.15) is 25.3 Å². The molecule has 1 atom stereocenters. The van der Waals surface area contributed by atoms with Gasteiger partial charge in [0.1, 0.15) is 0 Å². The summed E-state index contributed by atoms with van der Waals surface area (Å²) >= 11 is 11.8. The summed E-state index contributed by atoms with van der Waals surface area (Å²) in [6.45, 7) is 6.47. The third kappa shape index (κ3) is 5.52. The molecule has 0 bridgehead atoms. The van der Waals surface area contributed by atoms with Gasteiger partial charge in [-0.05, 0) is 44.0 Å². The van der Waals surface area contributed by atoms with Crippen molar-refractivity contribution in [2.24, 2.45) is 5.92 Å². The van der Waals surface area contributed by atoms with Crippen molar-refractivity contribution < 1.29 is 9.59 Å². The van der Waals surface area contributed by atoms with E-state index in [2.05, 4.69) is 23.7 Å². The van der Waals surface area contributed by atoms with Gasteiger partial charge in [0, 0.05) is 24.6 Å². The number of carbonyl (C=O) groups is 2. The molecular weight excluding hydrogens is 359 g/mol. The summed E-state index contributed by atoms with van der Waals surface area (Å²) in [5.41, 5.74) is 0.742. The fourth-order valence-electron chi connectivity index (χ4n) is 2.62. The third-order valence-electron chi connectivity index (χ3n) is 4.06. The predicted molar refractivity (Wildman–Crippen MR) is 100 cm³/mol. The summed E-state index contributed by atoms with van der Waals surface area (Å²) in [7, 11) is 0. The first kappa shape index (κ1) is 19.4. The van der Waals surface area contributed by atoms with Gasteiger partial charge in [0.25, 0.3) is 0 Å². The lowest BCUT2D eigenvalue weighted by Crippen LogP contribution is -2.44. The Balaban J connectivity index is 1.87. The fourth-order valence-corrected chi connectivity index (χ4v) is 2.92. The van der Waals surface area contributed by atoms with Crippen molar-refractivity contribution in [1.82, 2.24) is 10.2 Å².